The number of benzene rings is 2. The maximum atomic E-state index is 13.0. The first-order valence-electron chi connectivity index (χ1n) is 10.1. The quantitative estimate of drug-likeness (QED) is 0.440. The van der Waals surface area contributed by atoms with E-state index in [0.29, 0.717) is 42.5 Å². The van der Waals surface area contributed by atoms with E-state index in [9.17, 15) is 14.9 Å². The summed E-state index contributed by atoms with van der Waals surface area (Å²) < 4.78 is 2.14. The minimum Gasteiger partial charge on any atom is -0.362 e. The first-order valence-corrected chi connectivity index (χ1v) is 10.5. The van der Waals surface area contributed by atoms with Crippen molar-refractivity contribution < 1.29 is 9.72 Å². The molecule has 0 aliphatic carbocycles. The van der Waals surface area contributed by atoms with Crippen LogP contribution in [0.1, 0.15) is 21.7 Å². The number of nitro groups is 1. The number of aryl methyl sites for hydroxylation is 2. The van der Waals surface area contributed by atoms with Gasteiger partial charge in [-0.25, -0.2) is 0 Å². The lowest BCUT2D eigenvalue weighted by atomic mass is 10.1. The first-order chi connectivity index (χ1) is 14.8. The predicted molar refractivity (Wildman–Crippen MR) is 121 cm³/mol. The summed E-state index contributed by atoms with van der Waals surface area (Å²) >= 11 is 5.92. The number of hydrogen-bond donors (Lipinski definition) is 0. The number of amides is 1. The molecule has 4 rings (SSSR count). The molecule has 160 valence electrons. The SMILES string of the molecule is Cc1ccc(C)n1-c1ccc(C(=O)N2CCN(c3ccc(Cl)cc3[N+](=O)[O-])CC2)cc1. The van der Waals surface area contributed by atoms with Crippen LogP contribution in [0.2, 0.25) is 5.02 Å². The van der Waals surface area contributed by atoms with E-state index in [-0.39, 0.29) is 11.6 Å². The van der Waals surface area contributed by atoms with Crippen molar-refractivity contribution in [3.05, 3.63) is 86.7 Å². The van der Waals surface area contributed by atoms with Crippen molar-refractivity contribution in [2.75, 3.05) is 31.1 Å². The number of carbonyl (C=O) groups excluding carboxylic acids is 1. The molecule has 1 aromatic heterocycles. The molecule has 0 atom stereocenters. The van der Waals surface area contributed by atoms with Crippen molar-refractivity contribution in [2.45, 2.75) is 13.8 Å². The highest BCUT2D eigenvalue weighted by Gasteiger charge is 2.26. The van der Waals surface area contributed by atoms with Gasteiger partial charge in [0, 0.05) is 59.9 Å². The fourth-order valence-electron chi connectivity index (χ4n) is 4.07. The van der Waals surface area contributed by atoms with Gasteiger partial charge in [0.15, 0.2) is 0 Å². The number of carbonyl (C=O) groups is 1. The van der Waals surface area contributed by atoms with Gasteiger partial charge < -0.3 is 14.4 Å². The van der Waals surface area contributed by atoms with Crippen LogP contribution in [0.4, 0.5) is 11.4 Å². The van der Waals surface area contributed by atoms with Crippen LogP contribution in [-0.2, 0) is 0 Å². The standard InChI is InChI=1S/C23H23ClN4O3/c1-16-3-4-17(2)27(16)20-8-5-18(6-9-20)23(29)26-13-11-25(12-14-26)21-10-7-19(24)15-22(21)28(30)31/h3-10,15H,11-14H2,1-2H3. The average molecular weight is 439 g/mol. The summed E-state index contributed by atoms with van der Waals surface area (Å²) in [5.74, 6) is -0.0299. The van der Waals surface area contributed by atoms with E-state index >= 15 is 0 Å². The van der Waals surface area contributed by atoms with Crippen LogP contribution in [0.5, 0.6) is 0 Å². The van der Waals surface area contributed by atoms with Gasteiger partial charge in [0.2, 0.25) is 0 Å². The molecule has 1 fully saturated rings. The van der Waals surface area contributed by atoms with E-state index in [1.54, 1.807) is 17.0 Å². The summed E-state index contributed by atoms with van der Waals surface area (Å²) in [4.78, 5) is 27.7. The molecule has 1 aliphatic rings. The molecule has 1 amide bonds. The molecule has 1 aliphatic heterocycles. The van der Waals surface area contributed by atoms with Crippen molar-refractivity contribution in [3.8, 4) is 5.69 Å². The second-order valence-electron chi connectivity index (χ2n) is 7.67. The van der Waals surface area contributed by atoms with E-state index in [1.807, 2.05) is 29.2 Å². The fourth-order valence-corrected chi connectivity index (χ4v) is 4.24. The van der Waals surface area contributed by atoms with E-state index in [1.165, 1.54) is 6.07 Å². The van der Waals surface area contributed by atoms with Crippen molar-refractivity contribution in [1.29, 1.82) is 0 Å². The Labute approximate surface area is 185 Å². The number of nitrogens with zero attached hydrogens (tertiary/aromatic N) is 4. The molecule has 0 radical (unpaired) electrons. The summed E-state index contributed by atoms with van der Waals surface area (Å²) in [6, 6.07) is 16.4. The molecule has 7 nitrogen and oxygen atoms in total. The van der Waals surface area contributed by atoms with Gasteiger partial charge in [0.1, 0.15) is 5.69 Å². The number of nitro benzene ring substituents is 1. The molecule has 31 heavy (non-hydrogen) atoms. The second-order valence-corrected chi connectivity index (χ2v) is 8.10. The molecular weight excluding hydrogens is 416 g/mol. The minimum absolute atomic E-state index is 0.0153. The van der Waals surface area contributed by atoms with Crippen molar-refractivity contribution in [2.24, 2.45) is 0 Å². The van der Waals surface area contributed by atoms with Gasteiger partial charge in [-0.3, -0.25) is 14.9 Å². The van der Waals surface area contributed by atoms with Gasteiger partial charge >= 0.3 is 0 Å². The Morgan fingerprint density at radius 2 is 1.55 bits per heavy atom. The van der Waals surface area contributed by atoms with Crippen LogP contribution in [0, 0.1) is 24.0 Å². The van der Waals surface area contributed by atoms with Crippen molar-refractivity contribution in [3.63, 3.8) is 0 Å². The molecule has 1 saturated heterocycles. The molecule has 8 heteroatoms. The first kappa shape index (κ1) is 20.9. The number of piperazine rings is 1. The van der Waals surface area contributed by atoms with E-state index in [4.69, 9.17) is 11.6 Å². The van der Waals surface area contributed by atoms with Gasteiger partial charge in [-0.15, -0.1) is 0 Å². The van der Waals surface area contributed by atoms with Crippen LogP contribution in [-0.4, -0.2) is 46.5 Å². The Kier molecular flexibility index (Phi) is 5.69. The monoisotopic (exact) mass is 438 g/mol. The summed E-state index contributed by atoms with van der Waals surface area (Å²) in [7, 11) is 0. The Morgan fingerprint density at radius 1 is 0.935 bits per heavy atom. The van der Waals surface area contributed by atoms with E-state index < -0.39 is 4.92 Å². The molecule has 0 N–H and O–H groups in total. The molecule has 0 bridgehead atoms. The number of hydrogen-bond acceptors (Lipinski definition) is 4. The van der Waals surface area contributed by atoms with Crippen molar-refractivity contribution >= 4 is 28.9 Å². The van der Waals surface area contributed by atoms with Gasteiger partial charge in [-0.1, -0.05) is 11.6 Å². The lowest BCUT2D eigenvalue weighted by molar-refractivity contribution is -0.384. The Morgan fingerprint density at radius 3 is 2.13 bits per heavy atom. The zero-order valence-electron chi connectivity index (χ0n) is 17.4. The largest absolute Gasteiger partial charge is 0.362 e. The van der Waals surface area contributed by atoms with Crippen LogP contribution in [0.25, 0.3) is 5.69 Å². The highest BCUT2D eigenvalue weighted by atomic mass is 35.5. The molecule has 0 spiro atoms. The summed E-state index contributed by atoms with van der Waals surface area (Å²) in [6.07, 6.45) is 0. The van der Waals surface area contributed by atoms with E-state index in [0.717, 1.165) is 17.1 Å². The normalized spacial score (nSPS) is 14.0. The van der Waals surface area contributed by atoms with Crippen LogP contribution < -0.4 is 4.90 Å². The smallest absolute Gasteiger partial charge is 0.294 e. The summed E-state index contributed by atoms with van der Waals surface area (Å²) in [5.41, 5.74) is 4.46. The number of aromatic nitrogens is 1. The number of rotatable bonds is 4. The number of halogens is 1. The maximum Gasteiger partial charge on any atom is 0.294 e. The molecule has 0 saturated carbocycles. The highest BCUT2D eigenvalue weighted by molar-refractivity contribution is 6.30. The topological polar surface area (TPSA) is 71.6 Å². The third kappa shape index (κ3) is 4.14. The van der Waals surface area contributed by atoms with Crippen LogP contribution in [0.3, 0.4) is 0 Å². The predicted octanol–water partition coefficient (Wildman–Crippen LogP) is 4.62. The molecular formula is C23H23ClN4O3. The molecule has 3 aromatic rings. The van der Waals surface area contributed by atoms with Gasteiger partial charge in [-0.05, 0) is 62.4 Å². The highest BCUT2D eigenvalue weighted by Crippen LogP contribution is 2.31. The molecule has 2 aromatic carbocycles. The lowest BCUT2D eigenvalue weighted by Crippen LogP contribution is -2.49. The summed E-state index contributed by atoms with van der Waals surface area (Å²) in [6.45, 7) is 6.14. The Bertz CT molecular complexity index is 1110. The van der Waals surface area contributed by atoms with Crippen molar-refractivity contribution in [1.82, 2.24) is 9.47 Å². The lowest BCUT2D eigenvalue weighted by Gasteiger charge is -2.35. The zero-order chi connectivity index (χ0) is 22.1. The van der Waals surface area contributed by atoms with Crippen LogP contribution >= 0.6 is 11.6 Å². The third-order valence-electron chi connectivity index (χ3n) is 5.69. The molecule has 2 heterocycles. The Balaban J connectivity index is 1.45. The third-order valence-corrected chi connectivity index (χ3v) is 5.92. The Hall–Kier alpha value is -3.32. The van der Waals surface area contributed by atoms with Gasteiger partial charge in [0.25, 0.3) is 11.6 Å². The zero-order valence-corrected chi connectivity index (χ0v) is 18.2. The maximum absolute atomic E-state index is 13.0. The molecule has 0 unspecified atom stereocenters. The van der Waals surface area contributed by atoms with Gasteiger partial charge in [-0.2, -0.15) is 0 Å². The minimum atomic E-state index is -0.422. The van der Waals surface area contributed by atoms with Gasteiger partial charge in [0.05, 0.1) is 4.92 Å². The summed E-state index contributed by atoms with van der Waals surface area (Å²) in [5, 5.41) is 11.7. The average Bonchev–Trinajstić information content (AvgIpc) is 3.11. The van der Waals surface area contributed by atoms with E-state index in [2.05, 4.69) is 30.5 Å². The van der Waals surface area contributed by atoms with Crippen LogP contribution in [0.15, 0.2) is 54.6 Å². The second kappa shape index (κ2) is 8.43. The number of anilines is 1. The fraction of sp³-hybridized carbons (Fsp3) is 0.261.